The number of rotatable bonds is 7. The Labute approximate surface area is 212 Å². The Balaban J connectivity index is 1.40. The number of aromatic amines is 2. The number of aromatic nitrogens is 6. The average Bonchev–Trinajstić information content (AvgIpc) is 3.52. The lowest BCUT2D eigenvalue weighted by Gasteiger charge is -2.09. The van der Waals surface area contributed by atoms with Crippen molar-refractivity contribution in [1.29, 1.82) is 0 Å². The lowest BCUT2D eigenvalue weighted by Crippen LogP contribution is -1.98. The smallest absolute Gasteiger partial charge is 0.135 e. The third-order valence-electron chi connectivity index (χ3n) is 6.22. The van der Waals surface area contributed by atoms with E-state index in [1.165, 1.54) is 12.1 Å². The van der Waals surface area contributed by atoms with Crippen molar-refractivity contribution in [3.8, 4) is 33.9 Å². The number of pyridine rings is 3. The van der Waals surface area contributed by atoms with E-state index in [2.05, 4.69) is 44.0 Å². The molecule has 0 bridgehead atoms. The predicted octanol–water partition coefficient (Wildman–Crippen LogP) is 7.10. The molecule has 3 N–H and O–H groups in total. The molecule has 0 spiro atoms. The molecule has 0 amide bonds. The molecule has 5 heterocycles. The van der Waals surface area contributed by atoms with E-state index >= 15 is 0 Å². The second kappa shape index (κ2) is 9.31. The summed E-state index contributed by atoms with van der Waals surface area (Å²) in [5, 5.41) is 11.8. The van der Waals surface area contributed by atoms with Crippen molar-refractivity contribution >= 4 is 27.6 Å². The van der Waals surface area contributed by atoms with E-state index in [1.54, 1.807) is 24.7 Å². The van der Waals surface area contributed by atoms with Crippen LogP contribution in [0.4, 0.5) is 10.1 Å². The summed E-state index contributed by atoms with van der Waals surface area (Å²) in [5.74, 6) is -0.300. The van der Waals surface area contributed by atoms with Crippen LogP contribution in [0.25, 0.3) is 55.8 Å². The quantitative estimate of drug-likeness (QED) is 0.222. The van der Waals surface area contributed by atoms with E-state index < -0.39 is 0 Å². The molecule has 8 heteroatoms. The molecule has 0 aliphatic rings. The summed E-state index contributed by atoms with van der Waals surface area (Å²) >= 11 is 0. The van der Waals surface area contributed by atoms with E-state index in [-0.39, 0.29) is 5.82 Å². The number of hydrogen-bond donors (Lipinski definition) is 3. The largest absolute Gasteiger partial charge is 0.358 e. The molecule has 5 aromatic heterocycles. The van der Waals surface area contributed by atoms with E-state index in [0.717, 1.165) is 63.1 Å². The van der Waals surface area contributed by atoms with Gasteiger partial charge in [-0.15, -0.1) is 0 Å². The lowest BCUT2D eigenvalue weighted by atomic mass is 10.1. The van der Waals surface area contributed by atoms with Crippen LogP contribution in [0.3, 0.4) is 0 Å². The Kier molecular flexibility index (Phi) is 5.69. The number of benzene rings is 1. The number of hydrogen-bond acceptors (Lipinski definition) is 5. The van der Waals surface area contributed by atoms with Crippen LogP contribution in [0.1, 0.15) is 19.8 Å². The van der Waals surface area contributed by atoms with Crippen LogP contribution in [-0.4, -0.2) is 30.1 Å². The molecule has 0 fully saturated rings. The highest BCUT2D eigenvalue weighted by molar-refractivity contribution is 5.99. The fraction of sp³-hybridized carbons (Fsp3) is 0.103. The van der Waals surface area contributed by atoms with Crippen molar-refractivity contribution in [2.45, 2.75) is 19.8 Å². The predicted molar refractivity (Wildman–Crippen MR) is 145 cm³/mol. The van der Waals surface area contributed by atoms with Crippen LogP contribution in [0.2, 0.25) is 0 Å². The third-order valence-corrected chi connectivity index (χ3v) is 6.22. The number of allylic oxidation sites excluding steroid dienone is 1. The zero-order chi connectivity index (χ0) is 25.4. The first kappa shape index (κ1) is 22.6. The molecular weight excluding hydrogens is 465 g/mol. The number of nitrogens with one attached hydrogen (secondary N) is 3. The first-order chi connectivity index (χ1) is 18.1. The Morgan fingerprint density at radius 2 is 1.92 bits per heavy atom. The van der Waals surface area contributed by atoms with Gasteiger partial charge >= 0.3 is 0 Å². The molecule has 0 aliphatic carbocycles. The van der Waals surface area contributed by atoms with E-state index in [4.69, 9.17) is 4.98 Å². The maximum Gasteiger partial charge on any atom is 0.135 e. The van der Waals surface area contributed by atoms with Crippen molar-refractivity contribution in [2.75, 3.05) is 5.32 Å². The molecule has 7 nitrogen and oxygen atoms in total. The van der Waals surface area contributed by atoms with Gasteiger partial charge in [-0.1, -0.05) is 32.1 Å². The number of halogens is 1. The van der Waals surface area contributed by atoms with Gasteiger partial charge in [-0.25, -0.2) is 9.37 Å². The summed E-state index contributed by atoms with van der Waals surface area (Å²) in [7, 11) is 0. The van der Waals surface area contributed by atoms with Crippen molar-refractivity contribution in [2.24, 2.45) is 0 Å². The highest BCUT2D eigenvalue weighted by atomic mass is 19.1. The second-order valence-electron chi connectivity index (χ2n) is 8.92. The first-order valence-corrected chi connectivity index (χ1v) is 12.1. The number of nitrogens with zero attached hydrogens (tertiary/aromatic N) is 4. The van der Waals surface area contributed by atoms with Crippen molar-refractivity contribution in [1.82, 2.24) is 30.1 Å². The van der Waals surface area contributed by atoms with Gasteiger partial charge in [0.25, 0.3) is 0 Å². The van der Waals surface area contributed by atoms with Gasteiger partial charge in [-0.2, -0.15) is 5.10 Å². The van der Waals surface area contributed by atoms with Crippen molar-refractivity contribution in [3.63, 3.8) is 0 Å². The van der Waals surface area contributed by atoms with Gasteiger partial charge in [0.2, 0.25) is 0 Å². The van der Waals surface area contributed by atoms with Gasteiger partial charge in [-0.05, 0) is 48.9 Å². The summed E-state index contributed by atoms with van der Waals surface area (Å²) in [6.45, 7) is 6.20. The Morgan fingerprint density at radius 1 is 1.00 bits per heavy atom. The topological polar surface area (TPSA) is 95.2 Å². The standard InChI is InChI=1S/C29H24FN7/c1-3-5-17(2)33-21-13-19(15-31-16-21)23-8-9-25-28(35-23)29(37-36-25)26-14-22-24(34-26)10-11-32-27(22)18-6-4-7-20(30)12-18/h4,6-16,33-34H,2-3,5H2,1H3,(H,36,37). The van der Waals surface area contributed by atoms with Gasteiger partial charge in [0.15, 0.2) is 0 Å². The van der Waals surface area contributed by atoms with Crippen LogP contribution in [-0.2, 0) is 0 Å². The molecule has 37 heavy (non-hydrogen) atoms. The maximum absolute atomic E-state index is 13.9. The Hall–Kier alpha value is -4.85. The van der Waals surface area contributed by atoms with Crippen molar-refractivity contribution < 1.29 is 4.39 Å². The monoisotopic (exact) mass is 489 g/mol. The molecule has 0 unspecified atom stereocenters. The molecule has 0 saturated heterocycles. The minimum Gasteiger partial charge on any atom is -0.358 e. The van der Waals surface area contributed by atoms with Gasteiger partial charge in [-0.3, -0.25) is 15.1 Å². The van der Waals surface area contributed by atoms with Crippen LogP contribution < -0.4 is 5.32 Å². The normalized spacial score (nSPS) is 11.3. The number of H-pyrrole nitrogens is 2. The van der Waals surface area contributed by atoms with Gasteiger partial charge in [0.1, 0.15) is 17.0 Å². The number of fused-ring (bicyclic) bond motifs is 2. The molecule has 0 radical (unpaired) electrons. The zero-order valence-electron chi connectivity index (χ0n) is 20.2. The second-order valence-corrected chi connectivity index (χ2v) is 8.92. The summed E-state index contributed by atoms with van der Waals surface area (Å²) in [5.41, 5.74) is 8.83. The summed E-state index contributed by atoms with van der Waals surface area (Å²) in [6, 6.07) is 16.3. The minimum atomic E-state index is -0.300. The fourth-order valence-corrected chi connectivity index (χ4v) is 4.51. The molecule has 0 saturated carbocycles. The van der Waals surface area contributed by atoms with Gasteiger partial charge < -0.3 is 10.3 Å². The van der Waals surface area contributed by atoms with Gasteiger partial charge in [0, 0.05) is 40.1 Å². The SMILES string of the molecule is C=C(CCC)Nc1cncc(-c2ccc3[nH]nc(-c4cc5c(-c6cccc(F)c6)nccc5[nH]4)c3n2)c1. The molecule has 1 aromatic carbocycles. The molecule has 0 aliphatic heterocycles. The third kappa shape index (κ3) is 4.33. The van der Waals surface area contributed by atoms with E-state index in [9.17, 15) is 4.39 Å². The van der Waals surface area contributed by atoms with Crippen LogP contribution in [0, 0.1) is 5.82 Å². The molecule has 6 rings (SSSR count). The molecule has 6 aromatic rings. The Bertz CT molecular complexity index is 1770. The first-order valence-electron chi connectivity index (χ1n) is 12.1. The van der Waals surface area contributed by atoms with E-state index in [0.29, 0.717) is 17.0 Å². The summed E-state index contributed by atoms with van der Waals surface area (Å²) in [4.78, 5) is 17.3. The summed E-state index contributed by atoms with van der Waals surface area (Å²) < 4.78 is 13.9. The molecule has 0 atom stereocenters. The highest BCUT2D eigenvalue weighted by Gasteiger charge is 2.16. The minimum absolute atomic E-state index is 0.300. The zero-order valence-corrected chi connectivity index (χ0v) is 20.2. The fourth-order valence-electron chi connectivity index (χ4n) is 4.51. The molecular formula is C29H24FN7. The van der Waals surface area contributed by atoms with Crippen LogP contribution >= 0.6 is 0 Å². The maximum atomic E-state index is 13.9. The average molecular weight is 490 g/mol. The Morgan fingerprint density at radius 3 is 2.78 bits per heavy atom. The van der Waals surface area contributed by atoms with Crippen molar-refractivity contribution in [3.05, 3.63) is 91.3 Å². The summed E-state index contributed by atoms with van der Waals surface area (Å²) in [6.07, 6.45) is 7.20. The number of anilines is 1. The van der Waals surface area contributed by atoms with Crippen LogP contribution in [0.5, 0.6) is 0 Å². The molecule has 182 valence electrons. The lowest BCUT2D eigenvalue weighted by molar-refractivity contribution is 0.628. The van der Waals surface area contributed by atoms with Crippen LogP contribution in [0.15, 0.2) is 85.5 Å². The van der Waals surface area contributed by atoms with E-state index in [1.807, 2.05) is 36.4 Å². The van der Waals surface area contributed by atoms with Gasteiger partial charge in [0.05, 0.1) is 34.5 Å². The highest BCUT2D eigenvalue weighted by Crippen LogP contribution is 2.33.